The van der Waals surface area contributed by atoms with Gasteiger partial charge >= 0.3 is 0 Å². The summed E-state index contributed by atoms with van der Waals surface area (Å²) in [5, 5.41) is 2.87. The van der Waals surface area contributed by atoms with Gasteiger partial charge in [-0.15, -0.1) is 0 Å². The average molecular weight is 237 g/mol. The first-order valence-corrected chi connectivity index (χ1v) is 5.75. The number of benzene rings is 1. The molecule has 2 rings (SSSR count). The van der Waals surface area contributed by atoms with Crippen molar-refractivity contribution in [2.45, 2.75) is 25.8 Å². The molecule has 1 atom stereocenters. The van der Waals surface area contributed by atoms with Crippen molar-refractivity contribution >= 4 is 5.91 Å². The topological polar surface area (TPSA) is 38.3 Å². The Morgan fingerprint density at radius 3 is 2.82 bits per heavy atom. The molecule has 1 N–H and O–H groups in total. The molecule has 1 amide bonds. The molecule has 1 aromatic rings. The molecule has 92 valence electrons. The Bertz CT molecular complexity index is 429. The van der Waals surface area contributed by atoms with Crippen LogP contribution in [0.2, 0.25) is 0 Å². The van der Waals surface area contributed by atoms with Gasteiger partial charge in [0.25, 0.3) is 0 Å². The number of halogens is 1. The summed E-state index contributed by atoms with van der Waals surface area (Å²) >= 11 is 0. The van der Waals surface area contributed by atoms with Crippen molar-refractivity contribution in [3.63, 3.8) is 0 Å². The van der Waals surface area contributed by atoms with Crippen LogP contribution in [0.25, 0.3) is 0 Å². The predicted molar refractivity (Wildman–Crippen MR) is 62.2 cm³/mol. The summed E-state index contributed by atoms with van der Waals surface area (Å²) in [5.41, 5.74) is 0.668. The van der Waals surface area contributed by atoms with Gasteiger partial charge in [0.1, 0.15) is 11.6 Å². The third-order valence-electron chi connectivity index (χ3n) is 2.97. The highest BCUT2D eigenvalue weighted by atomic mass is 19.1. The largest absolute Gasteiger partial charge is 0.496 e. The molecular weight excluding hydrogens is 221 g/mol. The van der Waals surface area contributed by atoms with E-state index in [4.69, 9.17) is 4.74 Å². The monoisotopic (exact) mass is 237 g/mol. The molecule has 0 spiro atoms. The number of carbonyl (C=O) groups is 1. The zero-order chi connectivity index (χ0) is 12.4. The van der Waals surface area contributed by atoms with Crippen LogP contribution in [0.4, 0.5) is 4.39 Å². The van der Waals surface area contributed by atoms with Gasteiger partial charge < -0.3 is 10.1 Å². The molecule has 0 bridgehead atoms. The van der Waals surface area contributed by atoms with E-state index >= 15 is 0 Å². The Morgan fingerprint density at radius 1 is 1.53 bits per heavy atom. The first kappa shape index (κ1) is 11.9. The summed E-state index contributed by atoms with van der Waals surface area (Å²) in [6.45, 7) is 1.83. The summed E-state index contributed by atoms with van der Waals surface area (Å²) in [5.74, 6) is 0.462. The normalized spacial score (nSPS) is 16.4. The zero-order valence-corrected chi connectivity index (χ0v) is 10.00. The summed E-state index contributed by atoms with van der Waals surface area (Å²) in [6, 6.07) is 4.08. The molecule has 17 heavy (non-hydrogen) atoms. The summed E-state index contributed by atoms with van der Waals surface area (Å²) in [4.78, 5) is 11.6. The highest BCUT2D eigenvalue weighted by Gasteiger charge is 2.30. The molecule has 0 radical (unpaired) electrons. The van der Waals surface area contributed by atoms with E-state index in [1.165, 1.54) is 19.2 Å². The molecule has 0 saturated heterocycles. The minimum Gasteiger partial charge on any atom is -0.496 e. The van der Waals surface area contributed by atoms with Crippen LogP contribution in [0, 0.1) is 11.7 Å². The number of carbonyl (C=O) groups excluding carboxylic acids is 1. The number of hydrogen-bond acceptors (Lipinski definition) is 2. The van der Waals surface area contributed by atoms with Crippen LogP contribution < -0.4 is 10.1 Å². The number of hydrogen-bond donors (Lipinski definition) is 1. The standard InChI is InChI=1S/C13H16FNO2/c1-8(15-13(16)9-3-4-9)11-7-10(14)5-6-12(11)17-2/h5-9H,3-4H2,1-2H3,(H,15,16). The van der Waals surface area contributed by atoms with E-state index in [-0.39, 0.29) is 23.7 Å². The molecule has 1 aliphatic rings. The fourth-order valence-corrected chi connectivity index (χ4v) is 1.80. The lowest BCUT2D eigenvalue weighted by Gasteiger charge is -2.17. The number of ether oxygens (including phenoxy) is 1. The second-order valence-corrected chi connectivity index (χ2v) is 4.39. The van der Waals surface area contributed by atoms with Gasteiger partial charge in [-0.2, -0.15) is 0 Å². The minimum atomic E-state index is -0.326. The van der Waals surface area contributed by atoms with Gasteiger partial charge in [-0.3, -0.25) is 4.79 Å². The molecular formula is C13H16FNO2. The Balaban J connectivity index is 2.13. The smallest absolute Gasteiger partial charge is 0.223 e. The Hall–Kier alpha value is -1.58. The van der Waals surface area contributed by atoms with Gasteiger partial charge in [0.2, 0.25) is 5.91 Å². The van der Waals surface area contributed by atoms with Crippen LogP contribution in [0.5, 0.6) is 5.75 Å². The van der Waals surface area contributed by atoms with Crippen molar-refractivity contribution in [3.05, 3.63) is 29.6 Å². The lowest BCUT2D eigenvalue weighted by atomic mass is 10.1. The molecule has 1 aromatic carbocycles. The molecule has 1 saturated carbocycles. The maximum Gasteiger partial charge on any atom is 0.223 e. The minimum absolute atomic E-state index is 0.0452. The second kappa shape index (κ2) is 4.73. The first-order chi connectivity index (χ1) is 8.11. The fourth-order valence-electron chi connectivity index (χ4n) is 1.80. The van der Waals surface area contributed by atoms with Gasteiger partial charge in [0, 0.05) is 11.5 Å². The molecule has 1 aliphatic carbocycles. The maximum atomic E-state index is 13.2. The van der Waals surface area contributed by atoms with Crippen molar-refractivity contribution in [1.82, 2.24) is 5.32 Å². The van der Waals surface area contributed by atoms with Gasteiger partial charge in [-0.1, -0.05) is 0 Å². The highest BCUT2D eigenvalue weighted by Crippen LogP contribution is 2.31. The molecule has 0 aliphatic heterocycles. The van der Waals surface area contributed by atoms with Crippen molar-refractivity contribution in [2.75, 3.05) is 7.11 Å². The molecule has 1 fully saturated rings. The molecule has 1 unspecified atom stereocenters. The van der Waals surface area contributed by atoms with Crippen LogP contribution in [-0.4, -0.2) is 13.0 Å². The number of amides is 1. The maximum absolute atomic E-state index is 13.2. The van der Waals surface area contributed by atoms with E-state index in [2.05, 4.69) is 5.32 Å². The molecule has 0 aromatic heterocycles. The quantitative estimate of drug-likeness (QED) is 0.873. The van der Waals surface area contributed by atoms with Crippen LogP contribution in [0.15, 0.2) is 18.2 Å². The third-order valence-corrected chi connectivity index (χ3v) is 2.97. The van der Waals surface area contributed by atoms with Crippen molar-refractivity contribution in [1.29, 1.82) is 0 Å². The van der Waals surface area contributed by atoms with Crippen LogP contribution >= 0.6 is 0 Å². The zero-order valence-electron chi connectivity index (χ0n) is 10.00. The SMILES string of the molecule is COc1ccc(F)cc1C(C)NC(=O)C1CC1. The van der Waals surface area contributed by atoms with E-state index in [0.29, 0.717) is 11.3 Å². The van der Waals surface area contributed by atoms with E-state index in [0.717, 1.165) is 12.8 Å². The van der Waals surface area contributed by atoms with Crippen molar-refractivity contribution < 1.29 is 13.9 Å². The Kier molecular flexibility index (Phi) is 3.31. The van der Waals surface area contributed by atoms with Crippen LogP contribution in [0.1, 0.15) is 31.4 Å². The number of nitrogens with one attached hydrogen (secondary N) is 1. The van der Waals surface area contributed by atoms with Crippen molar-refractivity contribution in [3.8, 4) is 5.75 Å². The van der Waals surface area contributed by atoms with Crippen molar-refractivity contribution in [2.24, 2.45) is 5.92 Å². The third kappa shape index (κ3) is 2.75. The Morgan fingerprint density at radius 2 is 2.24 bits per heavy atom. The lowest BCUT2D eigenvalue weighted by molar-refractivity contribution is -0.122. The lowest BCUT2D eigenvalue weighted by Crippen LogP contribution is -2.28. The van der Waals surface area contributed by atoms with Crippen LogP contribution in [0.3, 0.4) is 0 Å². The van der Waals surface area contributed by atoms with E-state index in [1.54, 1.807) is 6.07 Å². The second-order valence-electron chi connectivity index (χ2n) is 4.39. The van der Waals surface area contributed by atoms with Gasteiger partial charge in [0.15, 0.2) is 0 Å². The highest BCUT2D eigenvalue weighted by molar-refractivity contribution is 5.81. The van der Waals surface area contributed by atoms with E-state index < -0.39 is 0 Å². The van der Waals surface area contributed by atoms with Gasteiger partial charge in [-0.25, -0.2) is 4.39 Å². The number of methoxy groups -OCH3 is 1. The number of rotatable bonds is 4. The predicted octanol–water partition coefficient (Wildman–Crippen LogP) is 2.42. The first-order valence-electron chi connectivity index (χ1n) is 5.75. The van der Waals surface area contributed by atoms with Crippen LogP contribution in [-0.2, 0) is 4.79 Å². The summed E-state index contributed by atoms with van der Waals surface area (Å²) < 4.78 is 18.3. The van der Waals surface area contributed by atoms with E-state index in [9.17, 15) is 9.18 Å². The molecule has 4 heteroatoms. The summed E-state index contributed by atoms with van der Waals surface area (Å²) in [6.07, 6.45) is 1.91. The molecule has 0 heterocycles. The van der Waals surface area contributed by atoms with Gasteiger partial charge in [0.05, 0.1) is 13.2 Å². The fraction of sp³-hybridized carbons (Fsp3) is 0.462. The Labute approximate surface area is 100.0 Å². The van der Waals surface area contributed by atoms with E-state index in [1.807, 2.05) is 6.92 Å². The molecule has 3 nitrogen and oxygen atoms in total. The average Bonchev–Trinajstić information content (AvgIpc) is 3.12. The van der Waals surface area contributed by atoms with Gasteiger partial charge in [-0.05, 0) is 38.0 Å². The summed E-state index contributed by atoms with van der Waals surface area (Å²) in [7, 11) is 1.53.